The molecule has 3 aromatic carbocycles. The van der Waals surface area contributed by atoms with Crippen LogP contribution in [0.2, 0.25) is 0 Å². The first-order chi connectivity index (χ1) is 11.7. The van der Waals surface area contributed by atoms with Gasteiger partial charge in [0.15, 0.2) is 0 Å². The summed E-state index contributed by atoms with van der Waals surface area (Å²) >= 11 is 0. The summed E-state index contributed by atoms with van der Waals surface area (Å²) in [5.41, 5.74) is 4.38. The SMILES string of the molecule is Cc1cccc(-c2c3ccccc3cc(-c3ccccc3)[n+]2[O-])c1. The van der Waals surface area contributed by atoms with Gasteiger partial charge < -0.3 is 5.21 Å². The van der Waals surface area contributed by atoms with Crippen LogP contribution in [0.3, 0.4) is 0 Å². The van der Waals surface area contributed by atoms with Crippen molar-refractivity contribution in [2.45, 2.75) is 6.92 Å². The van der Waals surface area contributed by atoms with Crippen LogP contribution in [0, 0.1) is 12.1 Å². The van der Waals surface area contributed by atoms with E-state index in [1.165, 1.54) is 0 Å². The van der Waals surface area contributed by atoms with Crippen LogP contribution in [0.25, 0.3) is 33.3 Å². The Morgan fingerprint density at radius 2 is 1.42 bits per heavy atom. The maximum atomic E-state index is 13.2. The van der Waals surface area contributed by atoms with Gasteiger partial charge in [-0.15, -0.1) is 0 Å². The third-order valence-corrected chi connectivity index (χ3v) is 4.29. The molecule has 0 spiro atoms. The molecule has 0 aliphatic heterocycles. The third kappa shape index (κ3) is 2.42. The highest BCUT2D eigenvalue weighted by atomic mass is 16.5. The van der Waals surface area contributed by atoms with Crippen LogP contribution in [0.1, 0.15) is 5.56 Å². The standard InChI is InChI=1S/C22H17NO/c1-16-8-7-12-19(14-16)22-20-13-6-5-11-18(20)15-21(23(22)24)17-9-3-2-4-10-17/h2-15H,1H3. The van der Waals surface area contributed by atoms with Gasteiger partial charge in [-0.1, -0.05) is 54.1 Å². The lowest BCUT2D eigenvalue weighted by Crippen LogP contribution is -2.32. The summed E-state index contributed by atoms with van der Waals surface area (Å²) in [6.45, 7) is 2.04. The predicted molar refractivity (Wildman–Crippen MR) is 98.5 cm³/mol. The number of aryl methyl sites for hydroxylation is 1. The molecule has 0 bridgehead atoms. The minimum absolute atomic E-state index is 0.672. The van der Waals surface area contributed by atoms with Crippen molar-refractivity contribution in [3.05, 3.63) is 95.7 Å². The zero-order valence-corrected chi connectivity index (χ0v) is 13.4. The molecule has 0 saturated carbocycles. The van der Waals surface area contributed by atoms with Crippen LogP contribution >= 0.6 is 0 Å². The second kappa shape index (κ2) is 5.82. The maximum absolute atomic E-state index is 13.2. The van der Waals surface area contributed by atoms with Gasteiger partial charge in [0.05, 0.1) is 5.39 Å². The molecule has 116 valence electrons. The first kappa shape index (κ1) is 14.5. The van der Waals surface area contributed by atoms with Gasteiger partial charge in [-0.25, -0.2) is 0 Å². The number of hydrogen-bond acceptors (Lipinski definition) is 1. The van der Waals surface area contributed by atoms with Crippen molar-refractivity contribution in [3.8, 4) is 22.5 Å². The van der Waals surface area contributed by atoms with Crippen molar-refractivity contribution in [1.29, 1.82) is 0 Å². The second-order valence-corrected chi connectivity index (χ2v) is 6.00. The van der Waals surface area contributed by atoms with Gasteiger partial charge >= 0.3 is 0 Å². The molecule has 2 heteroatoms. The Morgan fingerprint density at radius 3 is 2.21 bits per heavy atom. The maximum Gasteiger partial charge on any atom is 0.232 e. The van der Waals surface area contributed by atoms with Gasteiger partial charge in [-0.2, -0.15) is 4.73 Å². The molecular weight excluding hydrogens is 294 g/mol. The molecule has 24 heavy (non-hydrogen) atoms. The zero-order chi connectivity index (χ0) is 16.5. The summed E-state index contributed by atoms with van der Waals surface area (Å²) in [6, 6.07) is 27.9. The van der Waals surface area contributed by atoms with Crippen molar-refractivity contribution in [3.63, 3.8) is 0 Å². The van der Waals surface area contributed by atoms with Crippen LogP contribution in [0.5, 0.6) is 0 Å². The fraction of sp³-hybridized carbons (Fsp3) is 0.0455. The number of benzene rings is 3. The summed E-state index contributed by atoms with van der Waals surface area (Å²) in [4.78, 5) is 0. The first-order valence-corrected chi connectivity index (χ1v) is 8.02. The van der Waals surface area contributed by atoms with E-state index < -0.39 is 0 Å². The minimum Gasteiger partial charge on any atom is -0.618 e. The molecule has 0 radical (unpaired) electrons. The van der Waals surface area contributed by atoms with Gasteiger partial charge in [0.2, 0.25) is 11.4 Å². The van der Waals surface area contributed by atoms with Crippen molar-refractivity contribution >= 4 is 10.8 Å². The quantitative estimate of drug-likeness (QED) is 0.373. The Hall–Kier alpha value is -3.13. The van der Waals surface area contributed by atoms with Gasteiger partial charge in [0.25, 0.3) is 0 Å². The molecule has 0 fully saturated rings. The molecule has 4 rings (SSSR count). The van der Waals surface area contributed by atoms with Crippen molar-refractivity contribution in [2.75, 3.05) is 0 Å². The molecule has 1 aromatic heterocycles. The molecule has 0 aliphatic rings. The van der Waals surface area contributed by atoms with Crippen LogP contribution in [0.15, 0.2) is 84.9 Å². The van der Waals surface area contributed by atoms with E-state index in [1.54, 1.807) is 0 Å². The highest BCUT2D eigenvalue weighted by Crippen LogP contribution is 2.29. The molecule has 2 nitrogen and oxygen atoms in total. The van der Waals surface area contributed by atoms with Crippen molar-refractivity contribution in [1.82, 2.24) is 0 Å². The predicted octanol–water partition coefficient (Wildman–Crippen LogP) is 5.12. The molecular formula is C22H17NO. The number of fused-ring (bicyclic) bond motifs is 1. The summed E-state index contributed by atoms with van der Waals surface area (Å²) in [5, 5.41) is 15.3. The zero-order valence-electron chi connectivity index (χ0n) is 13.4. The van der Waals surface area contributed by atoms with E-state index >= 15 is 0 Å². The number of pyridine rings is 1. The number of hydrogen-bond donors (Lipinski definition) is 0. The van der Waals surface area contributed by atoms with Crippen molar-refractivity contribution in [2.24, 2.45) is 0 Å². The molecule has 0 atom stereocenters. The summed E-state index contributed by atoms with van der Waals surface area (Å²) in [7, 11) is 0. The Bertz CT molecular complexity index is 1020. The molecule has 0 amide bonds. The highest BCUT2D eigenvalue weighted by molar-refractivity contribution is 5.94. The summed E-state index contributed by atoms with van der Waals surface area (Å²) in [6.07, 6.45) is 0. The number of aromatic nitrogens is 1. The van der Waals surface area contributed by atoms with E-state index in [2.05, 4.69) is 12.1 Å². The molecule has 0 saturated heterocycles. The lowest BCUT2D eigenvalue weighted by Gasteiger charge is -2.13. The third-order valence-electron chi connectivity index (χ3n) is 4.29. The normalized spacial score (nSPS) is 10.9. The Labute approximate surface area is 141 Å². The van der Waals surface area contributed by atoms with Crippen LogP contribution in [0.4, 0.5) is 0 Å². The summed E-state index contributed by atoms with van der Waals surface area (Å²) < 4.78 is 1.06. The molecule has 0 N–H and O–H groups in total. The average Bonchev–Trinajstić information content (AvgIpc) is 2.62. The molecule has 0 unspecified atom stereocenters. The Kier molecular flexibility index (Phi) is 3.51. The van der Waals surface area contributed by atoms with Gasteiger partial charge in [0, 0.05) is 17.2 Å². The lowest BCUT2D eigenvalue weighted by atomic mass is 10.00. The Balaban J connectivity index is 2.09. The van der Waals surface area contributed by atoms with E-state index in [0.29, 0.717) is 11.4 Å². The van der Waals surface area contributed by atoms with E-state index in [9.17, 15) is 5.21 Å². The molecule has 0 aliphatic carbocycles. The minimum atomic E-state index is 0.672. The molecule has 4 aromatic rings. The monoisotopic (exact) mass is 311 g/mol. The lowest BCUT2D eigenvalue weighted by molar-refractivity contribution is -0.580. The number of rotatable bonds is 2. The smallest absolute Gasteiger partial charge is 0.232 e. The Morgan fingerprint density at radius 1 is 0.708 bits per heavy atom. The fourth-order valence-corrected chi connectivity index (χ4v) is 3.15. The summed E-state index contributed by atoms with van der Waals surface area (Å²) in [5.74, 6) is 0. The fourth-order valence-electron chi connectivity index (χ4n) is 3.15. The topological polar surface area (TPSA) is 26.9 Å². The van der Waals surface area contributed by atoms with Crippen LogP contribution < -0.4 is 4.73 Å². The van der Waals surface area contributed by atoms with Crippen molar-refractivity contribution < 1.29 is 4.73 Å². The number of nitrogens with zero attached hydrogens (tertiary/aromatic N) is 1. The van der Waals surface area contributed by atoms with E-state index in [1.807, 2.05) is 79.7 Å². The molecule has 1 heterocycles. The first-order valence-electron chi connectivity index (χ1n) is 8.02. The largest absolute Gasteiger partial charge is 0.618 e. The van der Waals surface area contributed by atoms with E-state index in [4.69, 9.17) is 0 Å². The average molecular weight is 311 g/mol. The van der Waals surface area contributed by atoms with Crippen LogP contribution in [-0.2, 0) is 0 Å². The van der Waals surface area contributed by atoms with E-state index in [-0.39, 0.29) is 0 Å². The van der Waals surface area contributed by atoms with Gasteiger partial charge in [-0.05, 0) is 42.6 Å². The van der Waals surface area contributed by atoms with Crippen LogP contribution in [-0.4, -0.2) is 0 Å². The second-order valence-electron chi connectivity index (χ2n) is 6.00. The van der Waals surface area contributed by atoms with Gasteiger partial charge in [-0.3, -0.25) is 0 Å². The van der Waals surface area contributed by atoms with E-state index in [0.717, 1.165) is 32.2 Å². The highest BCUT2D eigenvalue weighted by Gasteiger charge is 2.20. The van der Waals surface area contributed by atoms with Gasteiger partial charge in [0.1, 0.15) is 0 Å².